The molecule has 0 atom stereocenters. The van der Waals surface area contributed by atoms with Gasteiger partial charge in [0.25, 0.3) is 5.91 Å². The molecule has 0 bridgehead atoms. The number of morpholine rings is 1. The summed E-state index contributed by atoms with van der Waals surface area (Å²) in [7, 11) is 0. The highest BCUT2D eigenvalue weighted by atomic mass is 16.5. The van der Waals surface area contributed by atoms with Gasteiger partial charge in [0, 0.05) is 25.5 Å². The Bertz CT molecular complexity index is 1190. The lowest BCUT2D eigenvalue weighted by Crippen LogP contribution is -2.36. The number of fused-ring (bicyclic) bond motifs is 1. The molecule has 1 saturated heterocycles. The zero-order chi connectivity index (χ0) is 21.0. The number of amides is 1. The molecule has 5 rings (SSSR count). The van der Waals surface area contributed by atoms with Crippen molar-refractivity contribution in [2.24, 2.45) is 0 Å². The summed E-state index contributed by atoms with van der Waals surface area (Å²) in [6.45, 7) is 3.54. The molecule has 8 heteroatoms. The van der Waals surface area contributed by atoms with E-state index in [2.05, 4.69) is 38.4 Å². The summed E-state index contributed by atoms with van der Waals surface area (Å²) in [5.74, 6) is 0.180. The van der Waals surface area contributed by atoms with Gasteiger partial charge in [0.15, 0.2) is 5.82 Å². The number of anilines is 2. The third-order valence-electron chi connectivity index (χ3n) is 5.31. The van der Waals surface area contributed by atoms with Gasteiger partial charge in [0.05, 0.1) is 42.5 Å². The van der Waals surface area contributed by atoms with Crippen molar-refractivity contribution in [3.63, 3.8) is 0 Å². The summed E-state index contributed by atoms with van der Waals surface area (Å²) in [4.78, 5) is 23.2. The molecule has 8 nitrogen and oxygen atoms in total. The monoisotopic (exact) mass is 414 g/mol. The van der Waals surface area contributed by atoms with Gasteiger partial charge in [-0.05, 0) is 17.7 Å². The Balaban J connectivity index is 1.59. The summed E-state index contributed by atoms with van der Waals surface area (Å²) in [5.41, 5.74) is 3.38. The van der Waals surface area contributed by atoms with Crippen molar-refractivity contribution >= 4 is 28.3 Å². The first-order valence-corrected chi connectivity index (χ1v) is 10.2. The maximum absolute atomic E-state index is 12.8. The molecule has 2 aromatic carbocycles. The van der Waals surface area contributed by atoms with Gasteiger partial charge in [-0.25, -0.2) is 4.98 Å². The van der Waals surface area contributed by atoms with Gasteiger partial charge in [-0.15, -0.1) is 0 Å². The van der Waals surface area contributed by atoms with E-state index in [0.29, 0.717) is 25.6 Å². The third-order valence-corrected chi connectivity index (χ3v) is 5.31. The molecule has 1 fully saturated rings. The van der Waals surface area contributed by atoms with Crippen LogP contribution in [0.3, 0.4) is 0 Å². The maximum atomic E-state index is 12.8. The van der Waals surface area contributed by atoms with Crippen molar-refractivity contribution in [2.45, 2.75) is 6.54 Å². The van der Waals surface area contributed by atoms with E-state index >= 15 is 0 Å². The minimum Gasteiger partial charge on any atom is -0.378 e. The number of carbonyl (C=O) groups is 1. The molecule has 0 aliphatic carbocycles. The first-order chi connectivity index (χ1) is 15.3. The molecule has 156 valence electrons. The fourth-order valence-corrected chi connectivity index (χ4v) is 3.83. The highest BCUT2D eigenvalue weighted by Gasteiger charge is 2.22. The number of hydrogen-bond donors (Lipinski definition) is 1. The Morgan fingerprint density at radius 3 is 2.65 bits per heavy atom. The maximum Gasteiger partial charge on any atom is 0.277 e. The van der Waals surface area contributed by atoms with Gasteiger partial charge in [0.2, 0.25) is 0 Å². The number of carbonyl (C=O) groups excluding carboxylic acids is 1. The topological polar surface area (TPSA) is 85.2 Å². The Labute approximate surface area is 179 Å². The number of aromatic nitrogens is 4. The van der Waals surface area contributed by atoms with Crippen molar-refractivity contribution in [3.8, 4) is 0 Å². The number of nitrogens with one attached hydrogen (secondary N) is 1. The van der Waals surface area contributed by atoms with Crippen LogP contribution in [0.1, 0.15) is 16.1 Å². The van der Waals surface area contributed by atoms with Gasteiger partial charge < -0.3 is 15.0 Å². The first kappa shape index (κ1) is 19.2. The lowest BCUT2D eigenvalue weighted by molar-refractivity contribution is 0.102. The Hall–Kier alpha value is -3.78. The molecule has 3 heterocycles. The van der Waals surface area contributed by atoms with E-state index in [1.54, 1.807) is 0 Å². The molecule has 1 N–H and O–H groups in total. The van der Waals surface area contributed by atoms with Gasteiger partial charge in [0.1, 0.15) is 5.69 Å². The van der Waals surface area contributed by atoms with Crippen molar-refractivity contribution < 1.29 is 9.53 Å². The van der Waals surface area contributed by atoms with E-state index in [9.17, 15) is 4.79 Å². The molecule has 0 radical (unpaired) electrons. The molecular weight excluding hydrogens is 392 g/mol. The van der Waals surface area contributed by atoms with Crippen molar-refractivity contribution in [1.82, 2.24) is 19.7 Å². The summed E-state index contributed by atoms with van der Waals surface area (Å²) < 4.78 is 7.45. The molecule has 1 aliphatic rings. The van der Waals surface area contributed by atoms with E-state index in [1.807, 2.05) is 35.0 Å². The summed E-state index contributed by atoms with van der Waals surface area (Å²) >= 11 is 0. The second-order valence-electron chi connectivity index (χ2n) is 7.31. The van der Waals surface area contributed by atoms with Crippen LogP contribution in [0.4, 0.5) is 11.5 Å². The van der Waals surface area contributed by atoms with Crippen molar-refractivity contribution in [1.29, 1.82) is 0 Å². The van der Waals surface area contributed by atoms with Crippen LogP contribution in [0, 0.1) is 0 Å². The van der Waals surface area contributed by atoms with E-state index in [0.717, 1.165) is 35.2 Å². The zero-order valence-corrected chi connectivity index (χ0v) is 16.9. The molecule has 0 spiro atoms. The average molecular weight is 414 g/mol. The molecule has 0 unspecified atom stereocenters. The fourth-order valence-electron chi connectivity index (χ4n) is 3.83. The van der Waals surface area contributed by atoms with E-state index < -0.39 is 0 Å². The second-order valence-corrected chi connectivity index (χ2v) is 7.31. The smallest absolute Gasteiger partial charge is 0.277 e. The Morgan fingerprint density at radius 2 is 1.87 bits per heavy atom. The van der Waals surface area contributed by atoms with Crippen LogP contribution in [-0.2, 0) is 11.3 Å². The largest absolute Gasteiger partial charge is 0.378 e. The minimum absolute atomic E-state index is 0.247. The fraction of sp³-hybridized carbons (Fsp3) is 0.217. The Kier molecular flexibility index (Phi) is 5.28. The second kappa shape index (κ2) is 8.53. The van der Waals surface area contributed by atoms with Crippen LogP contribution in [0.2, 0.25) is 0 Å². The van der Waals surface area contributed by atoms with Crippen LogP contribution in [0.15, 0.2) is 67.1 Å². The highest BCUT2D eigenvalue weighted by molar-refractivity contribution is 6.10. The van der Waals surface area contributed by atoms with Gasteiger partial charge in [-0.3, -0.25) is 14.5 Å². The summed E-state index contributed by atoms with van der Waals surface area (Å²) in [6, 6.07) is 16.3. The third kappa shape index (κ3) is 3.97. The SMILES string of the molecule is O=C(Nc1nn(Cc2ccccc2)c2cccc(N3CCOCC3)c12)c1cnccn1. The Morgan fingerprint density at radius 1 is 1.03 bits per heavy atom. The first-order valence-electron chi connectivity index (χ1n) is 10.2. The van der Waals surface area contributed by atoms with E-state index in [-0.39, 0.29) is 11.6 Å². The van der Waals surface area contributed by atoms with Gasteiger partial charge in [-0.2, -0.15) is 5.10 Å². The number of benzene rings is 2. The summed E-state index contributed by atoms with van der Waals surface area (Å²) in [6.07, 6.45) is 4.48. The molecule has 31 heavy (non-hydrogen) atoms. The quantitative estimate of drug-likeness (QED) is 0.540. The molecular formula is C23H22N6O2. The van der Waals surface area contributed by atoms with E-state index in [1.165, 1.54) is 18.6 Å². The van der Waals surface area contributed by atoms with Gasteiger partial charge >= 0.3 is 0 Å². The minimum atomic E-state index is -0.337. The number of nitrogens with zero attached hydrogens (tertiary/aromatic N) is 5. The average Bonchev–Trinajstić information content (AvgIpc) is 3.18. The molecule has 0 saturated carbocycles. The molecule has 4 aromatic rings. The van der Waals surface area contributed by atoms with Crippen LogP contribution >= 0.6 is 0 Å². The lowest BCUT2D eigenvalue weighted by atomic mass is 10.1. The number of rotatable bonds is 5. The number of hydrogen-bond acceptors (Lipinski definition) is 6. The number of ether oxygens (including phenoxy) is 1. The zero-order valence-electron chi connectivity index (χ0n) is 16.9. The normalized spacial score (nSPS) is 14.0. The lowest BCUT2D eigenvalue weighted by Gasteiger charge is -2.29. The predicted molar refractivity (Wildman–Crippen MR) is 118 cm³/mol. The summed E-state index contributed by atoms with van der Waals surface area (Å²) in [5, 5.41) is 8.65. The standard InChI is InChI=1S/C23H22N6O2/c30-23(18-15-24-9-10-25-18)26-22-21-19(28-11-13-31-14-12-28)7-4-8-20(21)29(27-22)16-17-5-2-1-3-6-17/h1-10,15H,11-14,16H2,(H,26,27,30). The van der Waals surface area contributed by atoms with Crippen molar-refractivity contribution in [2.75, 3.05) is 36.5 Å². The van der Waals surface area contributed by atoms with Gasteiger partial charge in [-0.1, -0.05) is 36.4 Å². The van der Waals surface area contributed by atoms with Crippen LogP contribution < -0.4 is 10.2 Å². The molecule has 1 aliphatic heterocycles. The van der Waals surface area contributed by atoms with Crippen LogP contribution in [0.25, 0.3) is 10.9 Å². The highest BCUT2D eigenvalue weighted by Crippen LogP contribution is 2.34. The van der Waals surface area contributed by atoms with E-state index in [4.69, 9.17) is 9.84 Å². The van der Waals surface area contributed by atoms with Crippen LogP contribution in [0.5, 0.6) is 0 Å². The van der Waals surface area contributed by atoms with Crippen molar-refractivity contribution in [3.05, 3.63) is 78.4 Å². The molecule has 2 aromatic heterocycles. The van der Waals surface area contributed by atoms with Crippen LogP contribution in [-0.4, -0.2) is 52.0 Å². The molecule has 1 amide bonds. The predicted octanol–water partition coefficient (Wildman–Crippen LogP) is 2.96.